The average Bonchev–Trinajstić information content (AvgIpc) is 3.14. The van der Waals surface area contributed by atoms with Gasteiger partial charge in [-0.15, -0.1) is 0 Å². The zero-order chi connectivity index (χ0) is 39.9. The zero-order valence-electron chi connectivity index (χ0n) is 36.9. The van der Waals surface area contributed by atoms with Gasteiger partial charge in [-0.05, 0) is 77.3 Å². The van der Waals surface area contributed by atoms with E-state index >= 15 is 0 Å². The predicted molar refractivity (Wildman–Crippen MR) is 228 cm³/mol. The normalized spacial score (nSPS) is 11.7. The summed E-state index contributed by atoms with van der Waals surface area (Å²) in [5.41, 5.74) is 0. The first-order chi connectivity index (χ1) is 26.2. The summed E-state index contributed by atoms with van der Waals surface area (Å²) in [6.07, 6.45) is 35.7. The molecule has 7 heteroatoms. The molecule has 0 aromatic carbocycles. The van der Waals surface area contributed by atoms with Gasteiger partial charge in [-0.2, -0.15) is 0 Å². The number of likely N-dealkylation sites (N-methyl/N-ethyl adjacent to an activating group) is 1. The Morgan fingerprint density at radius 1 is 0.407 bits per heavy atom. The number of hydrogen-bond donors (Lipinski definition) is 0. The number of rotatable bonds is 41. The SMILES string of the molecule is CCCCC(CCCC)CCOC(=O)CCCCCCCCCC(CCCCCCCCCC(=O)OCCC(CCCC)CCCC)OC(=O)CN(C)C. The molecule has 0 unspecified atom stereocenters. The topological polar surface area (TPSA) is 82.1 Å². The number of hydrogen-bond acceptors (Lipinski definition) is 7. The molecule has 0 aromatic heterocycles. The van der Waals surface area contributed by atoms with Crippen molar-refractivity contribution < 1.29 is 28.6 Å². The van der Waals surface area contributed by atoms with Gasteiger partial charge < -0.3 is 14.2 Å². The van der Waals surface area contributed by atoms with Gasteiger partial charge in [-0.3, -0.25) is 19.3 Å². The standard InChI is InChI=1S/C47H91NO6/c1-7-11-29-42(30-12-8-2)37-39-52-45(49)35-27-23-19-15-17-21-25-33-44(54-47(51)41-48(5)6)34-26-22-18-16-20-24-28-36-46(50)53-40-38-43(31-13-9-3)32-14-10-4/h42-44H,7-41H2,1-6H3. The molecular weight excluding hydrogens is 675 g/mol. The first kappa shape index (κ1) is 52.4. The Labute approximate surface area is 335 Å². The second-order valence-corrected chi connectivity index (χ2v) is 16.7. The molecule has 54 heavy (non-hydrogen) atoms. The lowest BCUT2D eigenvalue weighted by molar-refractivity contribution is -0.150. The molecule has 0 saturated carbocycles. The summed E-state index contributed by atoms with van der Waals surface area (Å²) in [4.78, 5) is 38.7. The van der Waals surface area contributed by atoms with Gasteiger partial charge in [0.25, 0.3) is 0 Å². The molecule has 0 radical (unpaired) electrons. The van der Waals surface area contributed by atoms with Crippen molar-refractivity contribution in [3.05, 3.63) is 0 Å². The van der Waals surface area contributed by atoms with Crippen LogP contribution in [-0.4, -0.2) is 62.8 Å². The van der Waals surface area contributed by atoms with E-state index in [4.69, 9.17) is 14.2 Å². The van der Waals surface area contributed by atoms with E-state index < -0.39 is 0 Å². The minimum atomic E-state index is -0.123. The summed E-state index contributed by atoms with van der Waals surface area (Å²) in [5.74, 6) is 1.23. The molecular formula is C47H91NO6. The van der Waals surface area contributed by atoms with Gasteiger partial charge in [-0.25, -0.2) is 0 Å². The van der Waals surface area contributed by atoms with Crippen molar-refractivity contribution in [2.75, 3.05) is 33.9 Å². The van der Waals surface area contributed by atoms with Crippen molar-refractivity contribution in [3.8, 4) is 0 Å². The maximum Gasteiger partial charge on any atom is 0.320 e. The molecule has 0 bridgehead atoms. The maximum absolute atomic E-state index is 12.4. The van der Waals surface area contributed by atoms with Crippen LogP contribution in [0.2, 0.25) is 0 Å². The number of nitrogens with zero attached hydrogens (tertiary/aromatic N) is 1. The third-order valence-corrected chi connectivity index (χ3v) is 11.0. The lowest BCUT2D eigenvalue weighted by Crippen LogP contribution is -2.27. The van der Waals surface area contributed by atoms with Gasteiger partial charge in [0.2, 0.25) is 0 Å². The smallest absolute Gasteiger partial charge is 0.320 e. The zero-order valence-corrected chi connectivity index (χ0v) is 36.9. The molecule has 0 aromatic rings. The van der Waals surface area contributed by atoms with E-state index in [0.717, 1.165) is 89.9 Å². The first-order valence-corrected chi connectivity index (χ1v) is 23.4. The van der Waals surface area contributed by atoms with Crippen molar-refractivity contribution in [2.24, 2.45) is 11.8 Å². The highest BCUT2D eigenvalue weighted by Gasteiger charge is 2.15. The molecule has 0 spiro atoms. The molecule has 0 rings (SSSR count). The summed E-state index contributed by atoms with van der Waals surface area (Å²) in [6, 6.07) is 0. The number of carbonyl (C=O) groups excluding carboxylic acids is 3. The van der Waals surface area contributed by atoms with E-state index in [1.54, 1.807) is 0 Å². The van der Waals surface area contributed by atoms with Crippen LogP contribution in [0.15, 0.2) is 0 Å². The third-order valence-electron chi connectivity index (χ3n) is 11.0. The Balaban J connectivity index is 4.06. The van der Waals surface area contributed by atoms with Crippen LogP contribution < -0.4 is 0 Å². The van der Waals surface area contributed by atoms with Gasteiger partial charge in [-0.1, -0.05) is 169 Å². The van der Waals surface area contributed by atoms with Gasteiger partial charge in [0.05, 0.1) is 19.8 Å². The van der Waals surface area contributed by atoms with Crippen LogP contribution in [0, 0.1) is 11.8 Å². The van der Waals surface area contributed by atoms with Crippen molar-refractivity contribution in [1.29, 1.82) is 0 Å². The summed E-state index contributed by atoms with van der Waals surface area (Å²) in [5, 5.41) is 0. The number of carbonyl (C=O) groups is 3. The van der Waals surface area contributed by atoms with Crippen LogP contribution in [-0.2, 0) is 28.6 Å². The van der Waals surface area contributed by atoms with E-state index in [2.05, 4.69) is 27.7 Å². The highest BCUT2D eigenvalue weighted by Crippen LogP contribution is 2.22. The predicted octanol–water partition coefficient (Wildman–Crippen LogP) is 13.3. The highest BCUT2D eigenvalue weighted by atomic mass is 16.5. The molecule has 0 N–H and O–H groups in total. The minimum Gasteiger partial charge on any atom is -0.466 e. The minimum absolute atomic E-state index is 0.0108. The van der Waals surface area contributed by atoms with Crippen LogP contribution in [0.5, 0.6) is 0 Å². The van der Waals surface area contributed by atoms with Gasteiger partial charge in [0, 0.05) is 12.8 Å². The molecule has 0 atom stereocenters. The quantitative estimate of drug-likeness (QED) is 0.0348. The molecule has 0 saturated heterocycles. The number of esters is 3. The molecule has 0 aliphatic rings. The fraction of sp³-hybridized carbons (Fsp3) is 0.936. The fourth-order valence-corrected chi connectivity index (χ4v) is 7.45. The van der Waals surface area contributed by atoms with Crippen molar-refractivity contribution >= 4 is 17.9 Å². The maximum atomic E-state index is 12.4. The van der Waals surface area contributed by atoms with Crippen LogP contribution in [0.3, 0.4) is 0 Å². The third kappa shape index (κ3) is 36.0. The Kier molecular flexibility index (Phi) is 38.4. The monoisotopic (exact) mass is 766 g/mol. The average molecular weight is 766 g/mol. The van der Waals surface area contributed by atoms with Crippen molar-refractivity contribution in [1.82, 2.24) is 4.90 Å². The Morgan fingerprint density at radius 3 is 1.07 bits per heavy atom. The summed E-state index contributed by atoms with van der Waals surface area (Å²) >= 11 is 0. The Bertz CT molecular complexity index is 776. The van der Waals surface area contributed by atoms with E-state index in [-0.39, 0.29) is 24.0 Å². The number of ether oxygens (including phenoxy) is 3. The summed E-state index contributed by atoms with van der Waals surface area (Å²) in [7, 11) is 3.81. The molecule has 0 amide bonds. The number of unbranched alkanes of at least 4 members (excludes halogenated alkanes) is 16. The van der Waals surface area contributed by atoms with Crippen molar-refractivity contribution in [2.45, 2.75) is 239 Å². The van der Waals surface area contributed by atoms with Crippen LogP contribution in [0.25, 0.3) is 0 Å². The van der Waals surface area contributed by atoms with Crippen molar-refractivity contribution in [3.63, 3.8) is 0 Å². The second-order valence-electron chi connectivity index (χ2n) is 16.7. The van der Waals surface area contributed by atoms with Crippen LogP contribution in [0.4, 0.5) is 0 Å². The van der Waals surface area contributed by atoms with Crippen LogP contribution in [0.1, 0.15) is 233 Å². The van der Waals surface area contributed by atoms with Gasteiger partial charge in [0.15, 0.2) is 0 Å². The molecule has 7 nitrogen and oxygen atoms in total. The van der Waals surface area contributed by atoms with Gasteiger partial charge >= 0.3 is 17.9 Å². The van der Waals surface area contributed by atoms with Gasteiger partial charge in [0.1, 0.15) is 6.10 Å². The summed E-state index contributed by atoms with van der Waals surface area (Å²) in [6.45, 7) is 10.5. The van der Waals surface area contributed by atoms with E-state index in [9.17, 15) is 14.4 Å². The molecule has 0 fully saturated rings. The lowest BCUT2D eigenvalue weighted by atomic mass is 9.93. The first-order valence-electron chi connectivity index (χ1n) is 23.4. The van der Waals surface area contributed by atoms with E-state index in [0.29, 0.717) is 44.4 Å². The molecule has 0 heterocycles. The Morgan fingerprint density at radius 2 is 0.741 bits per heavy atom. The molecule has 320 valence electrons. The second kappa shape index (κ2) is 39.6. The van der Waals surface area contributed by atoms with E-state index in [1.807, 2.05) is 19.0 Å². The fourth-order valence-electron chi connectivity index (χ4n) is 7.45. The van der Waals surface area contributed by atoms with Crippen LogP contribution >= 0.6 is 0 Å². The molecule has 0 aliphatic heterocycles. The summed E-state index contributed by atoms with van der Waals surface area (Å²) < 4.78 is 17.0. The molecule has 0 aliphatic carbocycles. The highest BCUT2D eigenvalue weighted by molar-refractivity contribution is 5.71. The van der Waals surface area contributed by atoms with E-state index in [1.165, 1.54) is 103 Å². The lowest BCUT2D eigenvalue weighted by Gasteiger charge is -2.19. The largest absolute Gasteiger partial charge is 0.466 e. The Hall–Kier alpha value is -1.63.